The molecule has 0 aliphatic carbocycles. The van der Waals surface area contributed by atoms with Gasteiger partial charge in [-0.05, 0) is 52.7 Å². The highest BCUT2D eigenvalue weighted by Crippen LogP contribution is 2.23. The third kappa shape index (κ3) is 5.68. The van der Waals surface area contributed by atoms with Gasteiger partial charge in [0.15, 0.2) is 0 Å². The summed E-state index contributed by atoms with van der Waals surface area (Å²) in [6, 6.07) is 8.64. The first-order chi connectivity index (χ1) is 14.1. The number of carbonyl (C=O) groups is 2. The number of aromatic nitrogens is 2. The largest absolute Gasteiger partial charge is 0.444 e. The van der Waals surface area contributed by atoms with Crippen LogP contribution in [0.15, 0.2) is 35.1 Å². The molecule has 0 saturated carbocycles. The molecule has 1 saturated heterocycles. The van der Waals surface area contributed by atoms with Gasteiger partial charge in [-0.2, -0.15) is 0 Å². The molecule has 2 N–H and O–H groups in total. The standard InChI is InChI=1S/C22H28N4O4/c1-14-12-18(27)25-19(23-14)16-6-5-7-17(13-16)24-20(28)15-8-10-26(11-9-15)21(29)30-22(2,3)4/h5-7,12-13,15H,8-11H2,1-4H3,(H,24,28)(H,23,25,27). The molecule has 2 aromatic rings. The van der Waals surface area contributed by atoms with Crippen LogP contribution in [0.5, 0.6) is 0 Å². The molecule has 1 aliphatic rings. The average molecular weight is 412 g/mol. The van der Waals surface area contributed by atoms with Gasteiger partial charge in [0.05, 0.1) is 0 Å². The zero-order valence-corrected chi connectivity index (χ0v) is 17.8. The van der Waals surface area contributed by atoms with Gasteiger partial charge in [0.1, 0.15) is 11.4 Å². The van der Waals surface area contributed by atoms with Crippen molar-refractivity contribution < 1.29 is 14.3 Å². The number of anilines is 1. The molecule has 8 nitrogen and oxygen atoms in total. The first-order valence-electron chi connectivity index (χ1n) is 10.1. The van der Waals surface area contributed by atoms with Gasteiger partial charge in [-0.15, -0.1) is 0 Å². The number of likely N-dealkylation sites (tertiary alicyclic amines) is 1. The summed E-state index contributed by atoms with van der Waals surface area (Å²) in [6.07, 6.45) is 0.823. The lowest BCUT2D eigenvalue weighted by atomic mass is 9.96. The van der Waals surface area contributed by atoms with Crippen molar-refractivity contribution in [1.82, 2.24) is 14.9 Å². The van der Waals surface area contributed by atoms with E-state index in [1.807, 2.05) is 26.8 Å². The second-order valence-corrected chi connectivity index (χ2v) is 8.55. The fourth-order valence-corrected chi connectivity index (χ4v) is 3.36. The summed E-state index contributed by atoms with van der Waals surface area (Å²) in [5, 5.41) is 2.94. The number of aryl methyl sites for hydroxylation is 1. The van der Waals surface area contributed by atoms with Gasteiger partial charge in [-0.1, -0.05) is 12.1 Å². The predicted octanol–water partition coefficient (Wildman–Crippen LogP) is 3.33. The first kappa shape index (κ1) is 21.5. The summed E-state index contributed by atoms with van der Waals surface area (Å²) in [5.74, 6) is 0.202. The highest BCUT2D eigenvalue weighted by Gasteiger charge is 2.30. The van der Waals surface area contributed by atoms with Gasteiger partial charge in [-0.3, -0.25) is 9.59 Å². The summed E-state index contributed by atoms with van der Waals surface area (Å²) in [4.78, 5) is 45.3. The van der Waals surface area contributed by atoms with Crippen LogP contribution < -0.4 is 10.9 Å². The zero-order valence-electron chi connectivity index (χ0n) is 17.8. The third-order valence-electron chi connectivity index (χ3n) is 4.79. The van der Waals surface area contributed by atoms with E-state index in [9.17, 15) is 14.4 Å². The molecular weight excluding hydrogens is 384 g/mol. The van der Waals surface area contributed by atoms with Gasteiger partial charge < -0.3 is 19.9 Å². The van der Waals surface area contributed by atoms with E-state index in [1.54, 1.807) is 30.0 Å². The molecule has 1 aliphatic heterocycles. The van der Waals surface area contributed by atoms with Crippen molar-refractivity contribution in [2.24, 2.45) is 5.92 Å². The number of carbonyl (C=O) groups excluding carboxylic acids is 2. The minimum Gasteiger partial charge on any atom is -0.444 e. The molecule has 1 aromatic carbocycles. The first-order valence-corrected chi connectivity index (χ1v) is 10.1. The summed E-state index contributed by atoms with van der Waals surface area (Å²) < 4.78 is 5.40. The van der Waals surface area contributed by atoms with Crippen molar-refractivity contribution in [3.05, 3.63) is 46.4 Å². The molecule has 8 heteroatoms. The Kier molecular flexibility index (Phi) is 6.24. The summed E-state index contributed by atoms with van der Waals surface area (Å²) >= 11 is 0. The topological polar surface area (TPSA) is 104 Å². The Morgan fingerprint density at radius 2 is 1.90 bits per heavy atom. The van der Waals surface area contributed by atoms with Gasteiger partial charge in [0, 0.05) is 42.0 Å². The lowest BCUT2D eigenvalue weighted by molar-refractivity contribution is -0.121. The average Bonchev–Trinajstić information content (AvgIpc) is 2.66. The number of rotatable bonds is 3. The molecule has 1 aromatic heterocycles. The van der Waals surface area contributed by atoms with Crippen LogP contribution in [0.25, 0.3) is 11.4 Å². The Morgan fingerprint density at radius 3 is 2.53 bits per heavy atom. The maximum absolute atomic E-state index is 12.7. The lowest BCUT2D eigenvalue weighted by Crippen LogP contribution is -2.43. The van der Waals surface area contributed by atoms with E-state index in [0.29, 0.717) is 48.7 Å². The quantitative estimate of drug-likeness (QED) is 0.805. The van der Waals surface area contributed by atoms with Crippen molar-refractivity contribution in [3.63, 3.8) is 0 Å². The number of hydrogen-bond donors (Lipinski definition) is 2. The molecule has 0 bridgehead atoms. The van der Waals surface area contributed by atoms with Crippen LogP contribution in [0.3, 0.4) is 0 Å². The van der Waals surface area contributed by atoms with E-state index in [0.717, 1.165) is 0 Å². The normalized spacial score (nSPS) is 15.0. The van der Waals surface area contributed by atoms with Crippen molar-refractivity contribution in [2.45, 2.75) is 46.1 Å². The van der Waals surface area contributed by atoms with E-state index in [-0.39, 0.29) is 23.5 Å². The fourth-order valence-electron chi connectivity index (χ4n) is 3.36. The minimum absolute atomic E-state index is 0.0818. The minimum atomic E-state index is -0.535. The van der Waals surface area contributed by atoms with Crippen LogP contribution >= 0.6 is 0 Å². The molecule has 3 rings (SSSR count). The van der Waals surface area contributed by atoms with Crippen LogP contribution in [0.1, 0.15) is 39.3 Å². The van der Waals surface area contributed by atoms with Crippen LogP contribution in [-0.4, -0.2) is 45.6 Å². The van der Waals surface area contributed by atoms with Crippen LogP contribution in [0, 0.1) is 12.8 Å². The zero-order chi connectivity index (χ0) is 21.9. The Labute approximate surface area is 175 Å². The van der Waals surface area contributed by atoms with E-state index in [2.05, 4.69) is 15.3 Å². The number of amides is 2. The van der Waals surface area contributed by atoms with E-state index >= 15 is 0 Å². The molecule has 1 fully saturated rings. The van der Waals surface area contributed by atoms with Crippen molar-refractivity contribution in [2.75, 3.05) is 18.4 Å². The molecule has 0 spiro atoms. The van der Waals surface area contributed by atoms with Gasteiger partial charge in [0.25, 0.3) is 5.56 Å². The highest BCUT2D eigenvalue weighted by atomic mass is 16.6. The summed E-state index contributed by atoms with van der Waals surface area (Å²) in [6.45, 7) is 8.24. The number of piperidine rings is 1. The van der Waals surface area contributed by atoms with Crippen molar-refractivity contribution in [3.8, 4) is 11.4 Å². The number of nitrogens with zero attached hydrogens (tertiary/aromatic N) is 2. The van der Waals surface area contributed by atoms with E-state index in [4.69, 9.17) is 4.74 Å². The SMILES string of the molecule is Cc1cc(=O)[nH]c(-c2cccc(NC(=O)C3CCN(C(=O)OC(C)(C)C)CC3)c2)n1. The number of aromatic amines is 1. The molecule has 160 valence electrons. The van der Waals surface area contributed by atoms with Crippen LogP contribution in [0.2, 0.25) is 0 Å². The summed E-state index contributed by atoms with van der Waals surface area (Å²) in [7, 11) is 0. The number of hydrogen-bond acceptors (Lipinski definition) is 5. The molecule has 0 radical (unpaired) electrons. The highest BCUT2D eigenvalue weighted by molar-refractivity contribution is 5.93. The van der Waals surface area contributed by atoms with E-state index in [1.165, 1.54) is 6.07 Å². The van der Waals surface area contributed by atoms with Gasteiger partial charge in [-0.25, -0.2) is 9.78 Å². The lowest BCUT2D eigenvalue weighted by Gasteiger charge is -2.32. The van der Waals surface area contributed by atoms with Gasteiger partial charge >= 0.3 is 6.09 Å². The van der Waals surface area contributed by atoms with E-state index < -0.39 is 5.60 Å². The number of ether oxygens (including phenoxy) is 1. The maximum Gasteiger partial charge on any atom is 0.410 e. The Bertz CT molecular complexity index is 985. The smallest absolute Gasteiger partial charge is 0.410 e. The molecule has 0 atom stereocenters. The molecule has 0 unspecified atom stereocenters. The Hall–Kier alpha value is -3.16. The number of H-pyrrole nitrogens is 1. The second kappa shape index (κ2) is 8.69. The second-order valence-electron chi connectivity index (χ2n) is 8.55. The molecule has 2 amide bonds. The van der Waals surface area contributed by atoms with Crippen molar-refractivity contribution in [1.29, 1.82) is 0 Å². The molecule has 2 heterocycles. The van der Waals surface area contributed by atoms with Gasteiger partial charge in [0.2, 0.25) is 5.91 Å². The van der Waals surface area contributed by atoms with Crippen LogP contribution in [-0.2, 0) is 9.53 Å². The van der Waals surface area contributed by atoms with Crippen LogP contribution in [0.4, 0.5) is 10.5 Å². The number of benzene rings is 1. The Balaban J connectivity index is 1.61. The summed E-state index contributed by atoms with van der Waals surface area (Å²) in [5.41, 5.74) is 1.22. The molecular formula is C22H28N4O4. The maximum atomic E-state index is 12.7. The Morgan fingerprint density at radius 1 is 1.20 bits per heavy atom. The van der Waals surface area contributed by atoms with Crippen molar-refractivity contribution >= 4 is 17.7 Å². The fraction of sp³-hybridized carbons (Fsp3) is 0.455. The molecule has 30 heavy (non-hydrogen) atoms. The predicted molar refractivity (Wildman–Crippen MR) is 114 cm³/mol. The number of nitrogens with one attached hydrogen (secondary N) is 2. The third-order valence-corrected chi connectivity index (χ3v) is 4.79. The monoisotopic (exact) mass is 412 g/mol.